The fraction of sp³-hybridized carbons (Fsp3) is 0.846. The molecule has 1 aliphatic rings. The summed E-state index contributed by atoms with van der Waals surface area (Å²) in [6.45, 7) is 3.30. The van der Waals surface area contributed by atoms with Gasteiger partial charge < -0.3 is 39.9 Å². The highest BCUT2D eigenvalue weighted by Crippen LogP contribution is 2.47. The predicted octanol–water partition coefficient (Wildman–Crippen LogP) is 11.3. The van der Waals surface area contributed by atoms with Crippen molar-refractivity contribution in [1.29, 1.82) is 0 Å². The van der Waals surface area contributed by atoms with Crippen molar-refractivity contribution in [2.75, 3.05) is 13.2 Å². The molecule has 66 heavy (non-hydrogen) atoms. The number of rotatable bonds is 44. The summed E-state index contributed by atoms with van der Waals surface area (Å²) >= 11 is 0. The second kappa shape index (κ2) is 42.0. The maximum absolute atomic E-state index is 12.9. The Bertz CT molecular complexity index is 1290. The lowest BCUT2D eigenvalue weighted by Crippen LogP contribution is -2.64. The van der Waals surface area contributed by atoms with Gasteiger partial charge >= 0.3 is 19.8 Å². The van der Waals surface area contributed by atoms with Crippen LogP contribution < -0.4 is 0 Å². The Morgan fingerprint density at radius 1 is 0.470 bits per heavy atom. The number of allylic oxidation sites excluding steroid dienone is 6. The number of unbranched alkanes of at least 4 members (excludes halogenated alkanes) is 26. The molecule has 0 spiro atoms. The number of aliphatic hydroxyl groups is 5. The summed E-state index contributed by atoms with van der Waals surface area (Å²) in [5.74, 6) is -1.10. The van der Waals surface area contributed by atoms with Crippen LogP contribution in [-0.2, 0) is 32.7 Å². The van der Waals surface area contributed by atoms with Gasteiger partial charge in [0.05, 0.1) is 6.61 Å². The molecule has 0 amide bonds. The van der Waals surface area contributed by atoms with Crippen molar-refractivity contribution in [2.24, 2.45) is 0 Å². The van der Waals surface area contributed by atoms with E-state index < -0.39 is 75.7 Å². The maximum Gasteiger partial charge on any atom is 0.472 e. The van der Waals surface area contributed by atoms with Gasteiger partial charge in [-0.25, -0.2) is 4.57 Å². The molecule has 1 aliphatic carbocycles. The first-order chi connectivity index (χ1) is 31.9. The van der Waals surface area contributed by atoms with Crippen molar-refractivity contribution in [3.63, 3.8) is 0 Å². The smallest absolute Gasteiger partial charge is 0.462 e. The molecule has 6 N–H and O–H groups in total. The fourth-order valence-corrected chi connectivity index (χ4v) is 8.93. The van der Waals surface area contributed by atoms with E-state index in [1.807, 2.05) is 0 Å². The Labute approximate surface area is 399 Å². The van der Waals surface area contributed by atoms with Gasteiger partial charge in [-0.05, 0) is 70.6 Å². The van der Waals surface area contributed by atoms with E-state index in [-0.39, 0.29) is 12.8 Å². The van der Waals surface area contributed by atoms with Crippen molar-refractivity contribution >= 4 is 19.8 Å². The van der Waals surface area contributed by atoms with Gasteiger partial charge in [0.15, 0.2) is 6.10 Å². The van der Waals surface area contributed by atoms with Gasteiger partial charge in [-0.3, -0.25) is 18.6 Å². The van der Waals surface area contributed by atoms with Crippen LogP contribution in [0, 0.1) is 0 Å². The van der Waals surface area contributed by atoms with E-state index >= 15 is 0 Å². The molecular weight excluding hydrogens is 864 g/mol. The van der Waals surface area contributed by atoms with Crippen LogP contribution in [0.15, 0.2) is 36.5 Å². The summed E-state index contributed by atoms with van der Waals surface area (Å²) < 4.78 is 33.7. The highest BCUT2D eigenvalue weighted by atomic mass is 31.2. The average molecular weight is 959 g/mol. The highest BCUT2D eigenvalue weighted by Gasteiger charge is 2.51. The molecule has 0 aromatic heterocycles. The van der Waals surface area contributed by atoms with Crippen LogP contribution in [0.3, 0.4) is 0 Å². The van der Waals surface area contributed by atoms with E-state index in [0.29, 0.717) is 12.8 Å². The first-order valence-electron chi connectivity index (χ1n) is 26.3. The minimum absolute atomic E-state index is 0.0917. The van der Waals surface area contributed by atoms with Crippen LogP contribution in [0.2, 0.25) is 0 Å². The molecule has 1 saturated carbocycles. The second-order valence-corrected chi connectivity index (χ2v) is 19.8. The summed E-state index contributed by atoms with van der Waals surface area (Å²) in [5, 5.41) is 50.3. The van der Waals surface area contributed by atoms with E-state index in [1.54, 1.807) is 0 Å². The van der Waals surface area contributed by atoms with Gasteiger partial charge in [-0.1, -0.05) is 179 Å². The van der Waals surface area contributed by atoms with Crippen LogP contribution in [-0.4, -0.2) is 98.3 Å². The number of hydrogen-bond donors (Lipinski definition) is 6. The molecule has 0 aliphatic heterocycles. The summed E-state index contributed by atoms with van der Waals surface area (Å²) in [6.07, 6.45) is 36.1. The minimum atomic E-state index is -5.12. The summed E-state index contributed by atoms with van der Waals surface area (Å²) in [6, 6.07) is 0. The van der Waals surface area contributed by atoms with Crippen LogP contribution >= 0.6 is 7.82 Å². The first kappa shape index (κ1) is 62.1. The SMILES string of the molecule is CCCCC/C=C\C/C=C\CCCCCCCCCCCC(=O)OC(COC(=O)CCCCCCCCC/C=C\CCCCCCCCC)COP(=O)(O)OC1C(O)C(O)C(O)C(O)C1O. The van der Waals surface area contributed by atoms with Crippen molar-refractivity contribution < 1.29 is 63.1 Å². The highest BCUT2D eigenvalue weighted by molar-refractivity contribution is 7.47. The standard InChI is InChI=1S/C52H95O13P/c1-3-5-7-9-11-13-15-17-19-21-23-25-27-29-31-33-35-37-39-41-46(54)64-44(43-63-66(60,61)65-52-50(58)48(56)47(55)49(57)51(52)59)42-62-45(53)40-38-36-34-32-30-28-26-24-22-20-18-16-14-12-10-8-6-4-2/h11,13,17,19-20,22,44,47-52,55-59H,3-10,12,14-16,18,21,23-43H2,1-2H3,(H,60,61)/b13-11-,19-17-,22-20-. The third-order valence-corrected chi connectivity index (χ3v) is 13.2. The molecule has 0 saturated heterocycles. The molecule has 386 valence electrons. The van der Waals surface area contributed by atoms with Crippen molar-refractivity contribution in [1.82, 2.24) is 0 Å². The lowest BCUT2D eigenvalue weighted by atomic mass is 9.85. The molecule has 13 nitrogen and oxygen atoms in total. The quantitative estimate of drug-likeness (QED) is 0.0145. The van der Waals surface area contributed by atoms with Gasteiger partial charge in [0, 0.05) is 12.8 Å². The van der Waals surface area contributed by atoms with E-state index in [0.717, 1.165) is 70.6 Å². The zero-order valence-electron chi connectivity index (χ0n) is 41.2. The Hall–Kier alpha value is -1.93. The van der Waals surface area contributed by atoms with Gasteiger partial charge in [0.1, 0.15) is 43.2 Å². The number of ether oxygens (including phenoxy) is 2. The second-order valence-electron chi connectivity index (χ2n) is 18.4. The van der Waals surface area contributed by atoms with E-state index in [1.165, 1.54) is 116 Å². The molecule has 1 rings (SSSR count). The van der Waals surface area contributed by atoms with E-state index in [2.05, 4.69) is 50.3 Å². The molecule has 0 radical (unpaired) electrons. The number of phosphoric ester groups is 1. The Morgan fingerprint density at radius 3 is 1.27 bits per heavy atom. The monoisotopic (exact) mass is 959 g/mol. The Balaban J connectivity index is 2.39. The minimum Gasteiger partial charge on any atom is -0.462 e. The van der Waals surface area contributed by atoms with Crippen molar-refractivity contribution in [3.05, 3.63) is 36.5 Å². The average Bonchev–Trinajstić information content (AvgIpc) is 3.30. The lowest BCUT2D eigenvalue weighted by Gasteiger charge is -2.41. The number of aliphatic hydroxyl groups excluding tert-OH is 5. The lowest BCUT2D eigenvalue weighted by molar-refractivity contribution is -0.220. The molecule has 1 fully saturated rings. The molecule has 6 unspecified atom stereocenters. The van der Waals surface area contributed by atoms with Crippen LogP contribution in [0.4, 0.5) is 0 Å². The largest absolute Gasteiger partial charge is 0.472 e. The number of esters is 2. The molecule has 6 atom stereocenters. The molecule has 14 heteroatoms. The van der Waals surface area contributed by atoms with E-state index in [9.17, 15) is 44.6 Å². The van der Waals surface area contributed by atoms with Gasteiger partial charge in [0.25, 0.3) is 0 Å². The van der Waals surface area contributed by atoms with Gasteiger partial charge in [-0.2, -0.15) is 0 Å². The third-order valence-electron chi connectivity index (χ3n) is 12.2. The summed E-state index contributed by atoms with van der Waals surface area (Å²) in [4.78, 5) is 35.9. The summed E-state index contributed by atoms with van der Waals surface area (Å²) in [7, 11) is -5.12. The van der Waals surface area contributed by atoms with Crippen LogP contribution in [0.1, 0.15) is 226 Å². The maximum atomic E-state index is 12.9. The third kappa shape index (κ3) is 33.5. The molecule has 0 heterocycles. The zero-order valence-corrected chi connectivity index (χ0v) is 42.1. The van der Waals surface area contributed by atoms with Gasteiger partial charge in [0.2, 0.25) is 0 Å². The van der Waals surface area contributed by atoms with E-state index in [4.69, 9.17) is 18.5 Å². The Morgan fingerprint density at radius 2 is 0.818 bits per heavy atom. The molecule has 0 bridgehead atoms. The number of carbonyl (C=O) groups is 2. The topological polar surface area (TPSA) is 210 Å². The van der Waals surface area contributed by atoms with Crippen LogP contribution in [0.5, 0.6) is 0 Å². The van der Waals surface area contributed by atoms with Crippen molar-refractivity contribution in [3.8, 4) is 0 Å². The normalized spacial score (nSPS) is 21.5. The molecule has 0 aromatic carbocycles. The Kier molecular flexibility index (Phi) is 39.5. The van der Waals surface area contributed by atoms with Gasteiger partial charge in [-0.15, -0.1) is 0 Å². The zero-order chi connectivity index (χ0) is 48.5. The van der Waals surface area contributed by atoms with Crippen molar-refractivity contribution in [2.45, 2.75) is 268 Å². The van der Waals surface area contributed by atoms with Crippen LogP contribution in [0.25, 0.3) is 0 Å². The number of phosphoric acid groups is 1. The molecular formula is C52H95O13P. The molecule has 0 aromatic rings. The predicted molar refractivity (Wildman–Crippen MR) is 263 cm³/mol. The first-order valence-corrected chi connectivity index (χ1v) is 27.8. The fourth-order valence-electron chi connectivity index (χ4n) is 7.96. The number of carbonyl (C=O) groups excluding carboxylic acids is 2. The number of hydrogen-bond acceptors (Lipinski definition) is 12. The summed E-state index contributed by atoms with van der Waals surface area (Å²) in [5.41, 5.74) is 0.